The van der Waals surface area contributed by atoms with E-state index in [1.807, 2.05) is 5.38 Å². The highest BCUT2D eigenvalue weighted by atomic mass is 32.1. The highest BCUT2D eigenvalue weighted by Gasteiger charge is 2.19. The second kappa shape index (κ2) is 5.75. The first-order valence-corrected chi connectivity index (χ1v) is 6.52. The molecule has 2 aromatic rings. The zero-order valence-corrected chi connectivity index (χ0v) is 11.4. The van der Waals surface area contributed by atoms with Gasteiger partial charge in [0.15, 0.2) is 11.6 Å². The van der Waals surface area contributed by atoms with Crippen LogP contribution in [0, 0.1) is 5.82 Å². The highest BCUT2D eigenvalue weighted by molar-refractivity contribution is 7.07. The van der Waals surface area contributed by atoms with Crippen LogP contribution in [-0.4, -0.2) is 34.9 Å². The number of rotatable bonds is 4. The van der Waals surface area contributed by atoms with Gasteiger partial charge in [-0.1, -0.05) is 0 Å². The minimum Gasteiger partial charge on any atom is -0.371 e. The van der Waals surface area contributed by atoms with E-state index in [4.69, 9.17) is 0 Å². The van der Waals surface area contributed by atoms with Gasteiger partial charge in [-0.2, -0.15) is 0 Å². The van der Waals surface area contributed by atoms with Crippen molar-refractivity contribution in [2.75, 3.05) is 19.4 Å². The predicted molar refractivity (Wildman–Crippen MR) is 71.7 cm³/mol. The molecular formula is C12H13FN4OS. The molecule has 7 heteroatoms. The molecule has 0 aliphatic carbocycles. The Morgan fingerprint density at radius 2 is 2.32 bits per heavy atom. The summed E-state index contributed by atoms with van der Waals surface area (Å²) in [6, 6.07) is 1.37. The summed E-state index contributed by atoms with van der Waals surface area (Å²) in [5.74, 6) is -0.975. The van der Waals surface area contributed by atoms with Gasteiger partial charge in [-0.05, 0) is 6.07 Å². The van der Waals surface area contributed by atoms with Gasteiger partial charge in [-0.3, -0.25) is 4.79 Å². The summed E-state index contributed by atoms with van der Waals surface area (Å²) in [5.41, 5.74) is 2.47. The van der Waals surface area contributed by atoms with Crippen LogP contribution >= 0.6 is 11.3 Å². The van der Waals surface area contributed by atoms with Crippen molar-refractivity contribution in [1.82, 2.24) is 14.9 Å². The maximum absolute atomic E-state index is 14.0. The number of hydrogen-bond acceptors (Lipinski definition) is 5. The van der Waals surface area contributed by atoms with Crippen molar-refractivity contribution in [3.8, 4) is 0 Å². The fourth-order valence-corrected chi connectivity index (χ4v) is 2.17. The summed E-state index contributed by atoms with van der Waals surface area (Å²) in [6.45, 7) is 0.346. The quantitative estimate of drug-likeness (QED) is 0.930. The normalized spacial score (nSPS) is 10.3. The molecule has 2 rings (SSSR count). The van der Waals surface area contributed by atoms with Crippen LogP contribution in [0.4, 0.5) is 10.2 Å². The van der Waals surface area contributed by atoms with Crippen LogP contribution in [0.5, 0.6) is 0 Å². The lowest BCUT2D eigenvalue weighted by Crippen LogP contribution is -2.27. The molecule has 0 aromatic carbocycles. The van der Waals surface area contributed by atoms with E-state index in [0.29, 0.717) is 6.54 Å². The fourth-order valence-electron chi connectivity index (χ4n) is 1.62. The lowest BCUT2D eigenvalue weighted by molar-refractivity contribution is 0.0779. The van der Waals surface area contributed by atoms with E-state index < -0.39 is 11.7 Å². The number of amides is 1. The molecule has 0 saturated heterocycles. The van der Waals surface area contributed by atoms with Gasteiger partial charge >= 0.3 is 0 Å². The Bertz CT molecular complexity index is 573. The van der Waals surface area contributed by atoms with Gasteiger partial charge in [0.1, 0.15) is 0 Å². The molecule has 0 atom stereocenters. The van der Waals surface area contributed by atoms with E-state index in [1.165, 1.54) is 28.5 Å². The lowest BCUT2D eigenvalue weighted by atomic mass is 10.2. The Hall–Kier alpha value is -2.02. The van der Waals surface area contributed by atoms with Gasteiger partial charge in [0.05, 0.1) is 23.3 Å². The SMILES string of the molecule is CNc1nccc(C(=O)N(C)Cc2cscn2)c1F. The van der Waals surface area contributed by atoms with Gasteiger partial charge < -0.3 is 10.2 Å². The van der Waals surface area contributed by atoms with E-state index in [9.17, 15) is 9.18 Å². The van der Waals surface area contributed by atoms with Crippen LogP contribution < -0.4 is 5.32 Å². The third kappa shape index (κ3) is 2.87. The number of carbonyl (C=O) groups excluding carboxylic acids is 1. The summed E-state index contributed by atoms with van der Waals surface area (Å²) in [4.78, 5) is 21.5. The van der Waals surface area contributed by atoms with Crippen LogP contribution in [0.3, 0.4) is 0 Å². The number of anilines is 1. The van der Waals surface area contributed by atoms with Crippen LogP contribution in [0.25, 0.3) is 0 Å². The molecule has 0 bridgehead atoms. The Morgan fingerprint density at radius 3 is 2.95 bits per heavy atom. The first-order chi connectivity index (χ1) is 9.13. The standard InChI is InChI=1S/C12H13FN4OS/c1-14-11-10(13)9(3-4-15-11)12(18)17(2)5-8-6-19-7-16-8/h3-4,6-7H,5H2,1-2H3,(H,14,15). The minimum absolute atomic E-state index is 0.00270. The van der Waals surface area contributed by atoms with Gasteiger partial charge in [-0.25, -0.2) is 14.4 Å². The van der Waals surface area contributed by atoms with E-state index in [2.05, 4.69) is 15.3 Å². The monoisotopic (exact) mass is 280 g/mol. The molecule has 0 aliphatic rings. The maximum atomic E-state index is 14.0. The van der Waals surface area contributed by atoms with Gasteiger partial charge in [-0.15, -0.1) is 11.3 Å². The predicted octanol–water partition coefficient (Wildman–Crippen LogP) is 1.99. The highest BCUT2D eigenvalue weighted by Crippen LogP contribution is 2.17. The summed E-state index contributed by atoms with van der Waals surface area (Å²) >= 11 is 1.46. The second-order valence-corrected chi connectivity index (χ2v) is 4.63. The summed E-state index contributed by atoms with van der Waals surface area (Å²) < 4.78 is 14.0. The number of hydrogen-bond donors (Lipinski definition) is 1. The van der Waals surface area contributed by atoms with Crippen molar-refractivity contribution in [2.45, 2.75) is 6.54 Å². The Kier molecular flexibility index (Phi) is 4.06. The van der Waals surface area contributed by atoms with Crippen molar-refractivity contribution < 1.29 is 9.18 Å². The smallest absolute Gasteiger partial charge is 0.257 e. The fraction of sp³-hybridized carbons (Fsp3) is 0.250. The molecule has 0 saturated carbocycles. The second-order valence-electron chi connectivity index (χ2n) is 3.91. The van der Waals surface area contributed by atoms with Gasteiger partial charge in [0.25, 0.3) is 5.91 Å². The molecule has 0 unspecified atom stereocenters. The number of nitrogens with zero attached hydrogens (tertiary/aromatic N) is 3. The van der Waals surface area contributed by atoms with Crippen molar-refractivity contribution in [3.05, 3.63) is 40.2 Å². The van der Waals surface area contributed by atoms with Crippen LogP contribution in [0.2, 0.25) is 0 Å². The molecular weight excluding hydrogens is 267 g/mol. The van der Waals surface area contributed by atoms with Crippen LogP contribution in [-0.2, 0) is 6.54 Å². The van der Waals surface area contributed by atoms with Crippen molar-refractivity contribution in [2.24, 2.45) is 0 Å². The van der Waals surface area contributed by atoms with E-state index in [0.717, 1.165) is 5.69 Å². The summed E-state index contributed by atoms with van der Waals surface area (Å²) in [7, 11) is 3.17. The largest absolute Gasteiger partial charge is 0.371 e. The molecule has 5 nitrogen and oxygen atoms in total. The molecule has 0 fully saturated rings. The Labute approximate surface area is 114 Å². The summed E-state index contributed by atoms with van der Waals surface area (Å²) in [5, 5.41) is 4.46. The molecule has 1 amide bonds. The number of halogens is 1. The van der Waals surface area contributed by atoms with Crippen LogP contribution in [0.15, 0.2) is 23.2 Å². The number of nitrogens with one attached hydrogen (secondary N) is 1. The average Bonchev–Trinajstić information content (AvgIpc) is 2.91. The number of pyridine rings is 1. The average molecular weight is 280 g/mol. The first-order valence-electron chi connectivity index (χ1n) is 5.58. The van der Waals surface area contributed by atoms with E-state index in [1.54, 1.807) is 19.6 Å². The number of thiazole rings is 1. The topological polar surface area (TPSA) is 58.1 Å². The molecule has 0 spiro atoms. The van der Waals surface area contributed by atoms with E-state index in [-0.39, 0.29) is 11.4 Å². The first kappa shape index (κ1) is 13.4. The maximum Gasteiger partial charge on any atom is 0.257 e. The third-order valence-corrected chi connectivity index (χ3v) is 3.22. The Morgan fingerprint density at radius 1 is 1.53 bits per heavy atom. The molecule has 100 valence electrons. The lowest BCUT2D eigenvalue weighted by Gasteiger charge is -2.16. The minimum atomic E-state index is -0.639. The molecule has 0 radical (unpaired) electrons. The molecule has 19 heavy (non-hydrogen) atoms. The summed E-state index contributed by atoms with van der Waals surface area (Å²) in [6.07, 6.45) is 1.40. The molecule has 1 N–H and O–H groups in total. The number of aromatic nitrogens is 2. The number of carbonyl (C=O) groups is 1. The van der Waals surface area contributed by atoms with Crippen LogP contribution in [0.1, 0.15) is 16.1 Å². The van der Waals surface area contributed by atoms with Crippen molar-refractivity contribution >= 4 is 23.1 Å². The third-order valence-electron chi connectivity index (χ3n) is 2.59. The molecule has 2 heterocycles. The molecule has 2 aromatic heterocycles. The van der Waals surface area contributed by atoms with Gasteiger partial charge in [0.2, 0.25) is 0 Å². The van der Waals surface area contributed by atoms with Crippen molar-refractivity contribution in [1.29, 1.82) is 0 Å². The zero-order valence-electron chi connectivity index (χ0n) is 10.6. The molecule has 0 aliphatic heterocycles. The van der Waals surface area contributed by atoms with Crippen molar-refractivity contribution in [3.63, 3.8) is 0 Å². The van der Waals surface area contributed by atoms with Gasteiger partial charge in [0, 0.05) is 25.7 Å². The Balaban J connectivity index is 2.19. The van der Waals surface area contributed by atoms with E-state index >= 15 is 0 Å². The zero-order chi connectivity index (χ0) is 13.8.